The molecular formula is C36H46ClN3O6S. The van der Waals surface area contributed by atoms with Crippen LogP contribution in [0, 0.1) is 11.8 Å². The number of rotatable bonds is 3. The number of fused-ring (bicyclic) bond motifs is 4. The summed E-state index contributed by atoms with van der Waals surface area (Å²) in [7, 11) is -0.398. The van der Waals surface area contributed by atoms with E-state index >= 15 is 0 Å². The monoisotopic (exact) mass is 683 g/mol. The van der Waals surface area contributed by atoms with Crippen LogP contribution in [0.2, 0.25) is 5.02 Å². The largest absolute Gasteiger partial charge is 0.490 e. The van der Waals surface area contributed by atoms with E-state index < -0.39 is 21.3 Å². The Bertz CT molecular complexity index is 1680. The number of carbonyl (C=O) groups excluding carboxylic acids is 2. The van der Waals surface area contributed by atoms with Crippen LogP contribution in [0.3, 0.4) is 0 Å². The third-order valence-corrected chi connectivity index (χ3v) is 11.8. The van der Waals surface area contributed by atoms with Gasteiger partial charge in [-0.05, 0) is 98.2 Å². The number of halogens is 1. The normalized spacial score (nSPS) is 30.3. The lowest BCUT2D eigenvalue weighted by molar-refractivity contribution is -0.135. The summed E-state index contributed by atoms with van der Waals surface area (Å²) in [6, 6.07) is 11.8. The molecule has 6 rings (SSSR count). The van der Waals surface area contributed by atoms with Gasteiger partial charge in [-0.2, -0.15) is 0 Å². The zero-order valence-electron chi connectivity index (χ0n) is 27.8. The number of benzene rings is 2. The van der Waals surface area contributed by atoms with Crippen LogP contribution in [0.5, 0.6) is 5.75 Å². The second kappa shape index (κ2) is 13.1. The van der Waals surface area contributed by atoms with Gasteiger partial charge in [-0.15, -0.1) is 0 Å². The third-order valence-electron chi connectivity index (χ3n) is 11.0. The number of nitrogens with zero attached hydrogens (tertiary/aromatic N) is 2. The Hall–Kier alpha value is -3.08. The minimum Gasteiger partial charge on any atom is -0.490 e. The molecule has 1 N–H and O–H groups in total. The van der Waals surface area contributed by atoms with Crippen LogP contribution in [-0.4, -0.2) is 77.9 Å². The minimum absolute atomic E-state index is 0.0221. The van der Waals surface area contributed by atoms with Crippen molar-refractivity contribution in [3.8, 4) is 5.75 Å². The molecular weight excluding hydrogens is 638 g/mol. The van der Waals surface area contributed by atoms with Crippen molar-refractivity contribution in [3.05, 3.63) is 70.3 Å². The van der Waals surface area contributed by atoms with Crippen LogP contribution in [-0.2, 0) is 41.6 Å². The SMILES string of the molecule is CO[C@H]1/C=C/CCN(C)C(=O)C[C@](C)(C(=O)NS(C)(=O)=O)c2ccc3c(c2)N(C[C@@H]2CC[C@H]21)C[C@@]1(CCCc2cc(Cl)ccc21)CO3. The van der Waals surface area contributed by atoms with Crippen molar-refractivity contribution in [2.45, 2.75) is 68.8 Å². The first-order valence-corrected chi connectivity index (χ1v) is 18.9. The molecule has 11 heteroatoms. The number of sulfonamides is 1. The summed E-state index contributed by atoms with van der Waals surface area (Å²) in [5.41, 5.74) is 2.20. The minimum atomic E-state index is -3.88. The number of nitrogens with one attached hydrogen (secondary N) is 1. The van der Waals surface area contributed by atoms with Gasteiger partial charge in [-0.25, -0.2) is 8.42 Å². The van der Waals surface area contributed by atoms with Gasteiger partial charge in [-0.1, -0.05) is 35.9 Å². The fourth-order valence-corrected chi connectivity index (χ4v) is 8.80. The van der Waals surface area contributed by atoms with E-state index in [1.807, 2.05) is 18.2 Å². The molecule has 0 radical (unpaired) electrons. The molecule has 9 nitrogen and oxygen atoms in total. The highest BCUT2D eigenvalue weighted by Gasteiger charge is 2.46. The Morgan fingerprint density at radius 2 is 1.98 bits per heavy atom. The highest BCUT2D eigenvalue weighted by atomic mass is 35.5. The van der Waals surface area contributed by atoms with Gasteiger partial charge in [0.1, 0.15) is 5.75 Å². The Labute approximate surface area is 283 Å². The maximum Gasteiger partial charge on any atom is 0.244 e. The summed E-state index contributed by atoms with van der Waals surface area (Å²) in [6.45, 7) is 4.10. The molecule has 2 aromatic rings. The summed E-state index contributed by atoms with van der Waals surface area (Å²) >= 11 is 6.45. The van der Waals surface area contributed by atoms with E-state index in [-0.39, 0.29) is 23.8 Å². The maximum atomic E-state index is 13.8. The number of amides is 2. The second-order valence-electron chi connectivity index (χ2n) is 14.2. The molecule has 2 amide bonds. The van der Waals surface area contributed by atoms with Crippen molar-refractivity contribution >= 4 is 39.1 Å². The average molecular weight is 684 g/mol. The quantitative estimate of drug-likeness (QED) is 0.455. The molecule has 0 saturated heterocycles. The first kappa shape index (κ1) is 33.8. The van der Waals surface area contributed by atoms with E-state index in [0.29, 0.717) is 49.3 Å². The molecule has 5 atom stereocenters. The predicted octanol–water partition coefficient (Wildman–Crippen LogP) is 5.00. The molecule has 2 bridgehead atoms. The molecule has 2 aliphatic heterocycles. The van der Waals surface area contributed by atoms with Crippen molar-refractivity contribution in [3.63, 3.8) is 0 Å². The van der Waals surface area contributed by atoms with Crippen molar-refractivity contribution < 1.29 is 27.5 Å². The van der Waals surface area contributed by atoms with Crippen molar-refractivity contribution in [2.75, 3.05) is 51.6 Å². The molecule has 1 saturated carbocycles. The highest BCUT2D eigenvalue weighted by molar-refractivity contribution is 7.89. The van der Waals surface area contributed by atoms with Gasteiger partial charge >= 0.3 is 0 Å². The first-order chi connectivity index (χ1) is 22.3. The predicted molar refractivity (Wildman–Crippen MR) is 184 cm³/mol. The summed E-state index contributed by atoms with van der Waals surface area (Å²) in [6.07, 6.45) is 10.7. The molecule has 47 heavy (non-hydrogen) atoms. The van der Waals surface area contributed by atoms with E-state index in [9.17, 15) is 18.0 Å². The number of methoxy groups -OCH3 is 1. The zero-order chi connectivity index (χ0) is 33.6. The Morgan fingerprint density at radius 3 is 2.70 bits per heavy atom. The van der Waals surface area contributed by atoms with Crippen LogP contribution in [0.15, 0.2) is 48.6 Å². The van der Waals surface area contributed by atoms with Crippen molar-refractivity contribution in [1.29, 1.82) is 0 Å². The van der Waals surface area contributed by atoms with E-state index in [1.54, 1.807) is 32.0 Å². The van der Waals surface area contributed by atoms with E-state index in [4.69, 9.17) is 21.1 Å². The molecule has 2 heterocycles. The lowest BCUT2D eigenvalue weighted by Gasteiger charge is -2.46. The van der Waals surface area contributed by atoms with Crippen LogP contribution in [0.25, 0.3) is 0 Å². The zero-order valence-corrected chi connectivity index (χ0v) is 29.3. The Balaban J connectivity index is 1.48. The van der Waals surface area contributed by atoms with Gasteiger partial charge in [0.05, 0.1) is 30.1 Å². The number of hydrogen-bond donors (Lipinski definition) is 1. The van der Waals surface area contributed by atoms with Gasteiger partial charge in [-0.3, -0.25) is 14.3 Å². The van der Waals surface area contributed by atoms with Crippen LogP contribution in [0.4, 0.5) is 5.69 Å². The summed E-state index contributed by atoms with van der Waals surface area (Å²) in [4.78, 5) is 31.4. The molecule has 0 aromatic heterocycles. The molecule has 0 unspecified atom stereocenters. The van der Waals surface area contributed by atoms with Crippen molar-refractivity contribution in [2.24, 2.45) is 11.8 Å². The molecule has 254 valence electrons. The fourth-order valence-electron chi connectivity index (χ4n) is 8.05. The third kappa shape index (κ3) is 6.78. The topological polar surface area (TPSA) is 105 Å². The summed E-state index contributed by atoms with van der Waals surface area (Å²) in [5.74, 6) is 0.445. The number of ether oxygens (including phenoxy) is 2. The van der Waals surface area contributed by atoms with Crippen LogP contribution < -0.4 is 14.4 Å². The lowest BCUT2D eigenvalue weighted by Crippen LogP contribution is -2.50. The van der Waals surface area contributed by atoms with Gasteiger partial charge in [0.15, 0.2) is 0 Å². The van der Waals surface area contributed by atoms with Crippen molar-refractivity contribution in [1.82, 2.24) is 9.62 Å². The number of aryl methyl sites for hydroxylation is 1. The van der Waals surface area contributed by atoms with E-state index in [1.165, 1.54) is 11.1 Å². The number of hydrogen-bond acceptors (Lipinski definition) is 7. The average Bonchev–Trinajstić information content (AvgIpc) is 3.15. The number of carbonyl (C=O) groups is 2. The fraction of sp³-hybridized carbons (Fsp3) is 0.556. The smallest absolute Gasteiger partial charge is 0.244 e. The summed E-state index contributed by atoms with van der Waals surface area (Å²) in [5, 5.41) is 0.733. The van der Waals surface area contributed by atoms with Gasteiger partial charge < -0.3 is 19.3 Å². The molecule has 4 aliphatic rings. The summed E-state index contributed by atoms with van der Waals surface area (Å²) < 4.78 is 39.4. The van der Waals surface area contributed by atoms with Crippen LogP contribution >= 0.6 is 11.6 Å². The van der Waals surface area contributed by atoms with E-state index in [2.05, 4.69) is 33.9 Å². The molecule has 1 spiro atoms. The Morgan fingerprint density at radius 1 is 1.17 bits per heavy atom. The Kier molecular flexibility index (Phi) is 9.41. The van der Waals surface area contributed by atoms with Crippen LogP contribution in [0.1, 0.15) is 62.1 Å². The standard InChI is InChI=1S/C36H46ClN3O6S/c1-35(34(42)38-47(4,43)44)20-33(41)39(2)17-6-5-9-31(45-3)28-13-10-25(28)21-40-22-36(23-46-32-15-11-26(35)19-30(32)40)16-7-8-24-18-27(37)12-14-29(24)36/h5,9,11-12,14-15,18-19,25,28,31H,6-8,10,13,16-17,20-23H2,1-4H3,(H,38,42)/b9-5+/t25-,28+,31-,35-,36-/m0/s1. The second-order valence-corrected chi connectivity index (χ2v) is 16.4. The van der Waals surface area contributed by atoms with Gasteiger partial charge in [0, 0.05) is 50.7 Å². The molecule has 2 aromatic carbocycles. The molecule has 2 aliphatic carbocycles. The van der Waals surface area contributed by atoms with Gasteiger partial charge in [0.25, 0.3) is 0 Å². The van der Waals surface area contributed by atoms with E-state index in [0.717, 1.165) is 55.6 Å². The lowest BCUT2D eigenvalue weighted by atomic mass is 9.68. The molecule has 1 fully saturated rings. The first-order valence-electron chi connectivity index (χ1n) is 16.6. The number of anilines is 1. The van der Waals surface area contributed by atoms with Gasteiger partial charge in [0.2, 0.25) is 21.8 Å². The maximum absolute atomic E-state index is 13.8. The highest BCUT2D eigenvalue weighted by Crippen LogP contribution is 2.48.